The van der Waals surface area contributed by atoms with E-state index >= 15 is 0 Å². The lowest BCUT2D eigenvalue weighted by molar-refractivity contribution is -0.0279. The minimum atomic E-state index is -0.171. The van der Waals surface area contributed by atoms with E-state index in [1.165, 1.54) is 11.1 Å². The molecule has 1 amide bonds. The lowest BCUT2D eigenvalue weighted by Crippen LogP contribution is -2.48. The summed E-state index contributed by atoms with van der Waals surface area (Å²) in [5.41, 5.74) is 3.47. The number of rotatable bonds is 3. The molecule has 170 valence electrons. The van der Waals surface area contributed by atoms with Crippen molar-refractivity contribution in [1.29, 1.82) is 0 Å². The second-order valence-corrected chi connectivity index (χ2v) is 9.95. The van der Waals surface area contributed by atoms with Crippen LogP contribution in [-0.4, -0.2) is 71.7 Å². The van der Waals surface area contributed by atoms with Crippen LogP contribution < -0.4 is 4.90 Å². The summed E-state index contributed by atoms with van der Waals surface area (Å²) in [6.07, 6.45) is 4.96. The van der Waals surface area contributed by atoms with Gasteiger partial charge < -0.3 is 14.5 Å². The maximum atomic E-state index is 13.1. The van der Waals surface area contributed by atoms with Gasteiger partial charge in [0.1, 0.15) is 5.82 Å². The molecule has 0 N–H and O–H groups in total. The summed E-state index contributed by atoms with van der Waals surface area (Å²) in [5.74, 6) is 1.02. The number of amides is 1. The Morgan fingerprint density at radius 3 is 2.53 bits per heavy atom. The molecule has 0 saturated carbocycles. The first-order valence-corrected chi connectivity index (χ1v) is 11.9. The standard InChI is InChI=1S/C26H34N4O2/c1-26(2)19-30(15-16-32-26)24-8-7-21(17-27-24)25(31)28-13-10-23(11-14-28)29-12-9-20-5-3-4-6-22(20)18-29/h3-8,17,23H,9-16,18-19H2,1-2H3. The number of likely N-dealkylation sites (tertiary alicyclic amines) is 1. The van der Waals surface area contributed by atoms with E-state index in [0.717, 1.165) is 64.3 Å². The van der Waals surface area contributed by atoms with E-state index in [1.807, 2.05) is 17.0 Å². The van der Waals surface area contributed by atoms with Gasteiger partial charge in [-0.05, 0) is 56.4 Å². The molecule has 0 aliphatic carbocycles. The molecule has 0 atom stereocenters. The van der Waals surface area contributed by atoms with Crippen LogP contribution in [0.4, 0.5) is 5.82 Å². The largest absolute Gasteiger partial charge is 0.372 e. The number of carbonyl (C=O) groups excluding carboxylic acids is 1. The van der Waals surface area contributed by atoms with Gasteiger partial charge in [0.15, 0.2) is 0 Å². The topological polar surface area (TPSA) is 48.9 Å². The molecule has 2 aromatic rings. The fourth-order valence-electron chi connectivity index (χ4n) is 5.36. The summed E-state index contributed by atoms with van der Waals surface area (Å²) in [6.45, 7) is 10.3. The molecule has 0 radical (unpaired) electrons. The molecule has 5 rings (SSSR count). The van der Waals surface area contributed by atoms with Gasteiger partial charge >= 0.3 is 0 Å². The summed E-state index contributed by atoms with van der Waals surface area (Å²) in [7, 11) is 0. The average Bonchev–Trinajstić information content (AvgIpc) is 2.83. The van der Waals surface area contributed by atoms with Crippen LogP contribution in [0.1, 0.15) is 48.2 Å². The molecule has 0 unspecified atom stereocenters. The Balaban J connectivity index is 1.16. The molecular formula is C26H34N4O2. The summed E-state index contributed by atoms with van der Waals surface area (Å²) in [6, 6.07) is 13.3. The number of benzene rings is 1. The minimum absolute atomic E-state index is 0.105. The van der Waals surface area contributed by atoms with Crippen molar-refractivity contribution >= 4 is 11.7 Å². The first kappa shape index (κ1) is 21.4. The summed E-state index contributed by atoms with van der Waals surface area (Å²) >= 11 is 0. The monoisotopic (exact) mass is 434 g/mol. The number of hydrogen-bond donors (Lipinski definition) is 0. The third-order valence-corrected chi connectivity index (χ3v) is 7.17. The second kappa shape index (κ2) is 8.83. The molecule has 3 aliphatic rings. The van der Waals surface area contributed by atoms with Crippen LogP contribution in [0.25, 0.3) is 0 Å². The van der Waals surface area contributed by atoms with Gasteiger partial charge in [-0.1, -0.05) is 24.3 Å². The Morgan fingerprint density at radius 2 is 1.81 bits per heavy atom. The van der Waals surface area contributed by atoms with Gasteiger partial charge in [-0.25, -0.2) is 4.98 Å². The number of carbonyl (C=O) groups is 1. The smallest absolute Gasteiger partial charge is 0.255 e. The summed E-state index contributed by atoms with van der Waals surface area (Å²) in [5, 5.41) is 0. The second-order valence-electron chi connectivity index (χ2n) is 9.95. The van der Waals surface area contributed by atoms with Gasteiger partial charge in [0.25, 0.3) is 5.91 Å². The highest BCUT2D eigenvalue weighted by molar-refractivity contribution is 5.94. The molecule has 0 bridgehead atoms. The highest BCUT2D eigenvalue weighted by Crippen LogP contribution is 2.26. The predicted octanol–water partition coefficient (Wildman–Crippen LogP) is 3.36. The van der Waals surface area contributed by atoms with Crippen molar-refractivity contribution in [2.45, 2.75) is 51.3 Å². The van der Waals surface area contributed by atoms with Gasteiger partial charge in [0, 0.05) is 51.5 Å². The minimum Gasteiger partial charge on any atom is -0.372 e. The van der Waals surface area contributed by atoms with E-state index in [1.54, 1.807) is 6.20 Å². The van der Waals surface area contributed by atoms with Crippen molar-refractivity contribution in [2.75, 3.05) is 44.2 Å². The van der Waals surface area contributed by atoms with Crippen LogP contribution in [-0.2, 0) is 17.7 Å². The van der Waals surface area contributed by atoms with E-state index in [4.69, 9.17) is 4.74 Å². The molecular weight excluding hydrogens is 400 g/mol. The van der Waals surface area contributed by atoms with Crippen LogP contribution >= 0.6 is 0 Å². The number of hydrogen-bond acceptors (Lipinski definition) is 5. The average molecular weight is 435 g/mol. The highest BCUT2D eigenvalue weighted by atomic mass is 16.5. The van der Waals surface area contributed by atoms with E-state index in [-0.39, 0.29) is 11.5 Å². The van der Waals surface area contributed by atoms with E-state index in [9.17, 15) is 4.79 Å². The van der Waals surface area contributed by atoms with Gasteiger partial charge in [-0.2, -0.15) is 0 Å². The molecule has 0 spiro atoms. The fraction of sp³-hybridized carbons (Fsp3) is 0.538. The number of ether oxygens (including phenoxy) is 1. The van der Waals surface area contributed by atoms with Crippen molar-refractivity contribution in [3.8, 4) is 0 Å². The maximum absolute atomic E-state index is 13.1. The third kappa shape index (κ3) is 4.52. The number of aromatic nitrogens is 1. The maximum Gasteiger partial charge on any atom is 0.255 e. The van der Waals surface area contributed by atoms with Gasteiger partial charge in [0.05, 0.1) is 17.8 Å². The molecule has 6 heteroatoms. The molecule has 2 fully saturated rings. The van der Waals surface area contributed by atoms with Gasteiger partial charge in [-0.3, -0.25) is 9.69 Å². The Hall–Kier alpha value is -2.44. The van der Waals surface area contributed by atoms with Crippen molar-refractivity contribution in [2.24, 2.45) is 0 Å². The molecule has 1 aromatic carbocycles. The van der Waals surface area contributed by atoms with Crippen LogP contribution in [0, 0.1) is 0 Å². The normalized spacial score (nSPS) is 21.9. The SMILES string of the molecule is CC1(C)CN(c2ccc(C(=O)N3CCC(N4CCc5ccccc5C4)CC3)cn2)CCO1. The zero-order chi connectivity index (χ0) is 22.1. The first-order valence-electron chi connectivity index (χ1n) is 11.9. The number of piperidine rings is 1. The summed E-state index contributed by atoms with van der Waals surface area (Å²) < 4.78 is 5.79. The van der Waals surface area contributed by atoms with Gasteiger partial charge in [-0.15, -0.1) is 0 Å². The van der Waals surface area contributed by atoms with Crippen molar-refractivity contribution in [1.82, 2.24) is 14.8 Å². The lowest BCUT2D eigenvalue weighted by Gasteiger charge is -2.40. The predicted molar refractivity (Wildman–Crippen MR) is 126 cm³/mol. The Kier molecular flexibility index (Phi) is 5.91. The number of fused-ring (bicyclic) bond motifs is 1. The van der Waals surface area contributed by atoms with E-state index in [0.29, 0.717) is 18.2 Å². The quantitative estimate of drug-likeness (QED) is 0.742. The molecule has 1 aromatic heterocycles. The van der Waals surface area contributed by atoms with Crippen LogP contribution in [0.15, 0.2) is 42.6 Å². The Labute approximate surface area is 191 Å². The zero-order valence-electron chi connectivity index (χ0n) is 19.3. The van der Waals surface area contributed by atoms with Gasteiger partial charge in [0.2, 0.25) is 0 Å². The fourth-order valence-corrected chi connectivity index (χ4v) is 5.36. The zero-order valence-corrected chi connectivity index (χ0v) is 19.3. The molecule has 6 nitrogen and oxygen atoms in total. The van der Waals surface area contributed by atoms with E-state index < -0.39 is 0 Å². The number of morpholine rings is 1. The molecule has 2 saturated heterocycles. The molecule has 4 heterocycles. The van der Waals surface area contributed by atoms with E-state index in [2.05, 4.69) is 52.9 Å². The van der Waals surface area contributed by atoms with Crippen molar-refractivity contribution < 1.29 is 9.53 Å². The van der Waals surface area contributed by atoms with Crippen LogP contribution in [0.2, 0.25) is 0 Å². The van der Waals surface area contributed by atoms with Crippen LogP contribution in [0.5, 0.6) is 0 Å². The van der Waals surface area contributed by atoms with Crippen molar-refractivity contribution in [3.05, 3.63) is 59.3 Å². The third-order valence-electron chi connectivity index (χ3n) is 7.17. The Morgan fingerprint density at radius 1 is 1.03 bits per heavy atom. The van der Waals surface area contributed by atoms with Crippen LogP contribution in [0.3, 0.4) is 0 Å². The first-order chi connectivity index (χ1) is 15.5. The molecule has 3 aliphatic heterocycles. The lowest BCUT2D eigenvalue weighted by atomic mass is 9.95. The number of nitrogens with zero attached hydrogens (tertiary/aromatic N) is 4. The van der Waals surface area contributed by atoms with Crippen molar-refractivity contribution in [3.63, 3.8) is 0 Å². The number of anilines is 1. The summed E-state index contributed by atoms with van der Waals surface area (Å²) in [4.78, 5) is 24.5. The molecule has 32 heavy (non-hydrogen) atoms. The highest BCUT2D eigenvalue weighted by Gasteiger charge is 2.30. The number of pyridine rings is 1. The Bertz CT molecular complexity index is 951.